The van der Waals surface area contributed by atoms with Crippen molar-refractivity contribution in [3.8, 4) is 5.75 Å². The molecule has 0 aliphatic rings. The minimum absolute atomic E-state index is 0.00514. The molecule has 0 bridgehead atoms. The summed E-state index contributed by atoms with van der Waals surface area (Å²) >= 11 is 5.99. The fourth-order valence-electron chi connectivity index (χ4n) is 4.18. The van der Waals surface area contributed by atoms with Crippen molar-refractivity contribution < 1.29 is 22.7 Å². The second kappa shape index (κ2) is 14.2. The van der Waals surface area contributed by atoms with Crippen molar-refractivity contribution in [1.82, 2.24) is 10.2 Å². The number of anilines is 1. The van der Waals surface area contributed by atoms with Gasteiger partial charge in [0.1, 0.15) is 18.3 Å². The summed E-state index contributed by atoms with van der Waals surface area (Å²) in [6, 6.07) is 20.5. The minimum atomic E-state index is -4.15. The van der Waals surface area contributed by atoms with Crippen LogP contribution in [0.3, 0.4) is 0 Å². The number of carbonyl (C=O) groups is 2. The number of hydrogen-bond acceptors (Lipinski definition) is 5. The Kier molecular flexibility index (Phi) is 11.0. The molecule has 40 heavy (non-hydrogen) atoms. The average molecular weight is 586 g/mol. The average Bonchev–Trinajstić information content (AvgIpc) is 2.96. The molecule has 0 saturated carbocycles. The van der Waals surface area contributed by atoms with Gasteiger partial charge in [0, 0.05) is 17.6 Å². The molecular formula is C30H36ClN3O5S. The zero-order valence-electron chi connectivity index (χ0n) is 23.2. The van der Waals surface area contributed by atoms with Crippen LogP contribution in [0.2, 0.25) is 5.02 Å². The molecule has 0 aromatic heterocycles. The molecule has 3 rings (SSSR count). The standard InChI is InChI=1S/C30H36ClN3O5S/c1-5-22(3)32-30(36)28(6-2)33(20-23-11-10-14-26(19-23)39-4)29(35)21-34(25-12-8-7-9-13-25)40(37,38)27-17-15-24(31)16-18-27/h7-19,22,28H,5-6,20-21H2,1-4H3,(H,32,36). The van der Waals surface area contributed by atoms with Gasteiger partial charge in [-0.3, -0.25) is 13.9 Å². The van der Waals surface area contributed by atoms with Crippen LogP contribution in [0.5, 0.6) is 5.75 Å². The summed E-state index contributed by atoms with van der Waals surface area (Å²) in [5.74, 6) is -0.200. The number of sulfonamides is 1. The number of methoxy groups -OCH3 is 1. The van der Waals surface area contributed by atoms with E-state index in [-0.39, 0.29) is 23.4 Å². The zero-order chi connectivity index (χ0) is 29.3. The van der Waals surface area contributed by atoms with E-state index in [2.05, 4.69) is 5.32 Å². The molecule has 0 spiro atoms. The lowest BCUT2D eigenvalue weighted by molar-refractivity contribution is -0.140. The van der Waals surface area contributed by atoms with Gasteiger partial charge in [-0.05, 0) is 73.9 Å². The topological polar surface area (TPSA) is 96.0 Å². The largest absolute Gasteiger partial charge is 0.497 e. The highest BCUT2D eigenvalue weighted by molar-refractivity contribution is 7.92. The van der Waals surface area contributed by atoms with Gasteiger partial charge in [0.2, 0.25) is 11.8 Å². The van der Waals surface area contributed by atoms with Gasteiger partial charge in [0.05, 0.1) is 17.7 Å². The van der Waals surface area contributed by atoms with Crippen LogP contribution in [0.25, 0.3) is 0 Å². The fraction of sp³-hybridized carbons (Fsp3) is 0.333. The van der Waals surface area contributed by atoms with Crippen molar-refractivity contribution in [3.05, 3.63) is 89.4 Å². The lowest BCUT2D eigenvalue weighted by Crippen LogP contribution is -2.53. The summed E-state index contributed by atoms with van der Waals surface area (Å²) in [7, 11) is -2.60. The Morgan fingerprint density at radius 1 is 0.950 bits per heavy atom. The van der Waals surface area contributed by atoms with Crippen LogP contribution in [0, 0.1) is 0 Å². The first-order chi connectivity index (χ1) is 19.1. The Morgan fingerprint density at radius 2 is 1.62 bits per heavy atom. The van der Waals surface area contributed by atoms with Crippen LogP contribution < -0.4 is 14.4 Å². The summed E-state index contributed by atoms with van der Waals surface area (Å²) in [5, 5.41) is 3.36. The van der Waals surface area contributed by atoms with E-state index in [9.17, 15) is 18.0 Å². The van der Waals surface area contributed by atoms with E-state index in [1.54, 1.807) is 55.6 Å². The van der Waals surface area contributed by atoms with Gasteiger partial charge in [-0.25, -0.2) is 8.42 Å². The van der Waals surface area contributed by atoms with Gasteiger partial charge in [-0.15, -0.1) is 0 Å². The number of benzene rings is 3. The number of nitrogens with one attached hydrogen (secondary N) is 1. The number of hydrogen-bond donors (Lipinski definition) is 1. The normalized spacial score (nSPS) is 12.7. The van der Waals surface area contributed by atoms with Crippen LogP contribution in [0.15, 0.2) is 83.8 Å². The molecule has 0 heterocycles. The number of nitrogens with zero attached hydrogens (tertiary/aromatic N) is 2. The first-order valence-corrected chi connectivity index (χ1v) is 15.0. The Morgan fingerprint density at radius 3 is 2.23 bits per heavy atom. The predicted octanol–water partition coefficient (Wildman–Crippen LogP) is 5.27. The fourth-order valence-corrected chi connectivity index (χ4v) is 5.73. The van der Waals surface area contributed by atoms with E-state index < -0.39 is 28.5 Å². The first-order valence-electron chi connectivity index (χ1n) is 13.2. The molecule has 2 amide bonds. The first kappa shape index (κ1) is 31.0. The summed E-state index contributed by atoms with van der Waals surface area (Å²) in [5.41, 5.74) is 1.07. The van der Waals surface area contributed by atoms with Gasteiger partial charge >= 0.3 is 0 Å². The molecule has 0 aliphatic carbocycles. The summed E-state index contributed by atoms with van der Waals surface area (Å²) in [6.45, 7) is 5.27. The number of ether oxygens (including phenoxy) is 1. The molecule has 10 heteroatoms. The molecule has 3 aromatic carbocycles. The SMILES string of the molecule is CCC(C)NC(=O)C(CC)N(Cc1cccc(OC)c1)C(=O)CN(c1ccccc1)S(=O)(=O)c1ccc(Cl)cc1. The van der Waals surface area contributed by atoms with Gasteiger partial charge in [-0.1, -0.05) is 55.8 Å². The molecule has 0 aliphatic heterocycles. The highest BCUT2D eigenvalue weighted by Crippen LogP contribution is 2.26. The van der Waals surface area contributed by atoms with Gasteiger partial charge < -0.3 is 15.0 Å². The molecule has 0 radical (unpaired) electrons. The second-order valence-electron chi connectivity index (χ2n) is 9.42. The van der Waals surface area contributed by atoms with Gasteiger partial charge in [0.15, 0.2) is 0 Å². The molecular weight excluding hydrogens is 550 g/mol. The van der Waals surface area contributed by atoms with E-state index in [0.717, 1.165) is 16.3 Å². The number of halogens is 1. The van der Waals surface area contributed by atoms with Crippen molar-refractivity contribution in [2.45, 2.75) is 57.1 Å². The van der Waals surface area contributed by atoms with E-state index in [0.29, 0.717) is 22.9 Å². The molecule has 2 atom stereocenters. The number of rotatable bonds is 13. The molecule has 8 nitrogen and oxygen atoms in total. The summed E-state index contributed by atoms with van der Waals surface area (Å²) in [4.78, 5) is 28.8. The quantitative estimate of drug-likeness (QED) is 0.295. The highest BCUT2D eigenvalue weighted by Gasteiger charge is 2.34. The van der Waals surface area contributed by atoms with E-state index in [4.69, 9.17) is 16.3 Å². The van der Waals surface area contributed by atoms with Crippen molar-refractivity contribution in [1.29, 1.82) is 0 Å². The smallest absolute Gasteiger partial charge is 0.264 e. The van der Waals surface area contributed by atoms with E-state index in [1.165, 1.54) is 29.2 Å². The lowest BCUT2D eigenvalue weighted by Gasteiger charge is -2.33. The van der Waals surface area contributed by atoms with Crippen molar-refractivity contribution in [2.24, 2.45) is 0 Å². The molecule has 1 N–H and O–H groups in total. The Hall–Kier alpha value is -3.56. The minimum Gasteiger partial charge on any atom is -0.497 e. The summed E-state index contributed by atoms with van der Waals surface area (Å²) in [6.07, 6.45) is 1.07. The van der Waals surface area contributed by atoms with Crippen molar-refractivity contribution >= 4 is 39.1 Å². The number of para-hydroxylation sites is 1. The van der Waals surface area contributed by atoms with Crippen molar-refractivity contribution in [2.75, 3.05) is 18.0 Å². The molecule has 0 saturated heterocycles. The van der Waals surface area contributed by atoms with E-state index in [1.807, 2.05) is 26.8 Å². The predicted molar refractivity (Wildman–Crippen MR) is 158 cm³/mol. The Labute approximate surface area is 241 Å². The van der Waals surface area contributed by atoms with Crippen LogP contribution in [0.1, 0.15) is 39.2 Å². The van der Waals surface area contributed by atoms with Crippen LogP contribution >= 0.6 is 11.6 Å². The third-order valence-electron chi connectivity index (χ3n) is 6.60. The molecule has 3 aromatic rings. The second-order valence-corrected chi connectivity index (χ2v) is 11.7. The van der Waals surface area contributed by atoms with Gasteiger partial charge in [0.25, 0.3) is 10.0 Å². The van der Waals surface area contributed by atoms with E-state index >= 15 is 0 Å². The zero-order valence-corrected chi connectivity index (χ0v) is 24.8. The van der Waals surface area contributed by atoms with Crippen LogP contribution in [0.4, 0.5) is 5.69 Å². The Bertz CT molecular complexity index is 1380. The monoisotopic (exact) mass is 585 g/mol. The summed E-state index contributed by atoms with van der Waals surface area (Å²) < 4.78 is 34.0. The maximum Gasteiger partial charge on any atom is 0.264 e. The van der Waals surface area contributed by atoms with Gasteiger partial charge in [-0.2, -0.15) is 0 Å². The van der Waals surface area contributed by atoms with Crippen molar-refractivity contribution in [3.63, 3.8) is 0 Å². The Balaban J connectivity index is 2.04. The number of carbonyl (C=O) groups excluding carboxylic acids is 2. The highest BCUT2D eigenvalue weighted by atomic mass is 35.5. The molecule has 0 fully saturated rings. The molecule has 214 valence electrons. The van der Waals surface area contributed by atoms with Crippen LogP contribution in [-0.4, -0.2) is 50.9 Å². The lowest BCUT2D eigenvalue weighted by atomic mass is 10.1. The maximum atomic E-state index is 14.1. The third kappa shape index (κ3) is 7.76. The third-order valence-corrected chi connectivity index (χ3v) is 8.64. The maximum absolute atomic E-state index is 14.1. The molecule has 2 unspecified atom stereocenters. The number of amides is 2. The van der Waals surface area contributed by atoms with Crippen LogP contribution in [-0.2, 0) is 26.2 Å².